The monoisotopic (exact) mass is 160 g/mol. The number of hydrogen-bond acceptors (Lipinski definition) is 3. The molecule has 0 saturated carbocycles. The van der Waals surface area contributed by atoms with Crippen LogP contribution >= 0.6 is 0 Å². The first-order valence-electron chi connectivity index (χ1n) is 3.74. The molecule has 0 rings (SSSR count). The van der Waals surface area contributed by atoms with Crippen LogP contribution in [0.3, 0.4) is 0 Å². The number of nitrogens with two attached hydrogens (primary N) is 1. The standard InChI is InChI=1S/C7H16N2O2/c1-3-6(8)7(11)9(2)4-5-10/h6,10H,3-5,8H2,1-2H3/t6-/m0/s1. The van der Waals surface area contributed by atoms with Crippen molar-refractivity contribution >= 4 is 5.91 Å². The van der Waals surface area contributed by atoms with Crippen LogP contribution in [-0.4, -0.2) is 42.2 Å². The van der Waals surface area contributed by atoms with Crippen molar-refractivity contribution in [2.45, 2.75) is 19.4 Å². The van der Waals surface area contributed by atoms with Gasteiger partial charge in [-0.25, -0.2) is 0 Å². The molecular formula is C7H16N2O2. The third kappa shape index (κ3) is 3.34. The number of carbonyl (C=O) groups excluding carboxylic acids is 1. The van der Waals surface area contributed by atoms with E-state index < -0.39 is 6.04 Å². The molecule has 3 N–H and O–H groups in total. The molecule has 4 nitrogen and oxygen atoms in total. The number of likely N-dealkylation sites (N-methyl/N-ethyl adjacent to an activating group) is 1. The molecule has 0 aliphatic rings. The Kier molecular flexibility index (Phi) is 4.81. The van der Waals surface area contributed by atoms with Crippen molar-refractivity contribution in [3.8, 4) is 0 Å². The van der Waals surface area contributed by atoms with E-state index in [2.05, 4.69) is 0 Å². The fourth-order valence-electron chi connectivity index (χ4n) is 0.718. The highest BCUT2D eigenvalue weighted by Gasteiger charge is 2.14. The fourth-order valence-corrected chi connectivity index (χ4v) is 0.718. The minimum Gasteiger partial charge on any atom is -0.395 e. The Morgan fingerprint density at radius 3 is 2.64 bits per heavy atom. The number of hydrogen-bond donors (Lipinski definition) is 2. The van der Waals surface area contributed by atoms with E-state index >= 15 is 0 Å². The average molecular weight is 160 g/mol. The third-order valence-electron chi connectivity index (χ3n) is 1.57. The third-order valence-corrected chi connectivity index (χ3v) is 1.57. The van der Waals surface area contributed by atoms with Crippen LogP contribution in [0.4, 0.5) is 0 Å². The number of rotatable bonds is 4. The fraction of sp³-hybridized carbons (Fsp3) is 0.857. The van der Waals surface area contributed by atoms with E-state index in [1.807, 2.05) is 6.92 Å². The van der Waals surface area contributed by atoms with E-state index in [0.717, 1.165) is 0 Å². The van der Waals surface area contributed by atoms with Crippen LogP contribution in [-0.2, 0) is 4.79 Å². The van der Waals surface area contributed by atoms with Gasteiger partial charge >= 0.3 is 0 Å². The van der Waals surface area contributed by atoms with Crippen LogP contribution in [0.15, 0.2) is 0 Å². The van der Waals surface area contributed by atoms with Crippen LogP contribution in [0.5, 0.6) is 0 Å². The maximum atomic E-state index is 11.2. The summed E-state index contributed by atoms with van der Waals surface area (Å²) in [6.45, 7) is 2.19. The van der Waals surface area contributed by atoms with Gasteiger partial charge in [-0.3, -0.25) is 4.79 Å². The smallest absolute Gasteiger partial charge is 0.239 e. The summed E-state index contributed by atoms with van der Waals surface area (Å²) in [5.74, 6) is -0.110. The number of amides is 1. The Morgan fingerprint density at radius 1 is 1.73 bits per heavy atom. The van der Waals surface area contributed by atoms with Gasteiger partial charge in [0.1, 0.15) is 0 Å². The average Bonchev–Trinajstić information content (AvgIpc) is 2.02. The number of aliphatic hydroxyl groups excluding tert-OH is 1. The summed E-state index contributed by atoms with van der Waals surface area (Å²) in [6.07, 6.45) is 0.634. The molecule has 4 heteroatoms. The zero-order valence-electron chi connectivity index (χ0n) is 7.08. The Balaban J connectivity index is 3.81. The van der Waals surface area contributed by atoms with Crippen LogP contribution in [0.1, 0.15) is 13.3 Å². The zero-order chi connectivity index (χ0) is 8.85. The van der Waals surface area contributed by atoms with E-state index in [4.69, 9.17) is 10.8 Å². The summed E-state index contributed by atoms with van der Waals surface area (Å²) >= 11 is 0. The van der Waals surface area contributed by atoms with Gasteiger partial charge in [0.05, 0.1) is 12.6 Å². The first-order chi connectivity index (χ1) is 5.13. The van der Waals surface area contributed by atoms with Gasteiger partial charge in [-0.15, -0.1) is 0 Å². The second kappa shape index (κ2) is 5.09. The van der Waals surface area contributed by atoms with Crippen molar-refractivity contribution in [3.05, 3.63) is 0 Å². The van der Waals surface area contributed by atoms with Crippen molar-refractivity contribution < 1.29 is 9.90 Å². The molecule has 0 aliphatic carbocycles. The lowest BCUT2D eigenvalue weighted by atomic mass is 10.2. The van der Waals surface area contributed by atoms with Gasteiger partial charge in [-0.2, -0.15) is 0 Å². The lowest BCUT2D eigenvalue weighted by Gasteiger charge is -2.18. The summed E-state index contributed by atoms with van der Waals surface area (Å²) in [5.41, 5.74) is 5.47. The molecular weight excluding hydrogens is 144 g/mol. The first-order valence-corrected chi connectivity index (χ1v) is 3.74. The van der Waals surface area contributed by atoms with Crippen molar-refractivity contribution in [1.29, 1.82) is 0 Å². The zero-order valence-corrected chi connectivity index (χ0v) is 7.08. The van der Waals surface area contributed by atoms with E-state index in [1.54, 1.807) is 7.05 Å². The van der Waals surface area contributed by atoms with Gasteiger partial charge in [-0.05, 0) is 6.42 Å². The molecule has 0 spiro atoms. The van der Waals surface area contributed by atoms with Gasteiger partial charge < -0.3 is 15.7 Å². The van der Waals surface area contributed by atoms with Crippen molar-refractivity contribution in [2.24, 2.45) is 5.73 Å². The van der Waals surface area contributed by atoms with Crippen molar-refractivity contribution in [1.82, 2.24) is 4.90 Å². The van der Waals surface area contributed by atoms with Crippen LogP contribution in [0.25, 0.3) is 0 Å². The molecule has 1 atom stereocenters. The minimum atomic E-state index is -0.424. The minimum absolute atomic E-state index is 0.0152. The van der Waals surface area contributed by atoms with Crippen molar-refractivity contribution in [3.63, 3.8) is 0 Å². The molecule has 11 heavy (non-hydrogen) atoms. The second-order valence-corrected chi connectivity index (χ2v) is 2.50. The molecule has 1 amide bonds. The quantitative estimate of drug-likeness (QED) is 0.564. The second-order valence-electron chi connectivity index (χ2n) is 2.50. The summed E-state index contributed by atoms with van der Waals surface area (Å²) in [4.78, 5) is 12.6. The molecule has 0 bridgehead atoms. The number of carbonyl (C=O) groups is 1. The van der Waals surface area contributed by atoms with Gasteiger partial charge in [0.15, 0.2) is 0 Å². The highest BCUT2D eigenvalue weighted by Crippen LogP contribution is 1.92. The van der Waals surface area contributed by atoms with E-state index in [9.17, 15) is 4.79 Å². The van der Waals surface area contributed by atoms with Gasteiger partial charge in [0, 0.05) is 13.6 Å². The Morgan fingerprint density at radius 2 is 2.27 bits per heavy atom. The lowest BCUT2D eigenvalue weighted by Crippen LogP contribution is -2.42. The topological polar surface area (TPSA) is 66.6 Å². The molecule has 0 aromatic carbocycles. The Labute approximate surface area is 67.0 Å². The number of aliphatic hydroxyl groups is 1. The molecule has 0 unspecified atom stereocenters. The summed E-state index contributed by atoms with van der Waals surface area (Å²) in [5, 5.41) is 8.51. The van der Waals surface area contributed by atoms with Crippen LogP contribution in [0, 0.1) is 0 Å². The Hall–Kier alpha value is -0.610. The molecule has 0 aromatic rings. The van der Waals surface area contributed by atoms with Crippen molar-refractivity contribution in [2.75, 3.05) is 20.2 Å². The maximum Gasteiger partial charge on any atom is 0.239 e. The Bertz CT molecular complexity index is 128. The highest BCUT2D eigenvalue weighted by molar-refractivity contribution is 5.81. The summed E-state index contributed by atoms with van der Waals surface area (Å²) in [6, 6.07) is -0.424. The van der Waals surface area contributed by atoms with Gasteiger partial charge in [0.2, 0.25) is 5.91 Å². The van der Waals surface area contributed by atoms with Gasteiger partial charge in [0.25, 0.3) is 0 Å². The normalized spacial score (nSPS) is 12.7. The molecule has 0 aliphatic heterocycles. The molecule has 0 aromatic heterocycles. The molecule has 66 valence electrons. The largest absolute Gasteiger partial charge is 0.395 e. The molecule has 0 fully saturated rings. The maximum absolute atomic E-state index is 11.2. The van der Waals surface area contributed by atoms with Crippen LogP contribution < -0.4 is 5.73 Å². The summed E-state index contributed by atoms with van der Waals surface area (Å²) in [7, 11) is 1.63. The predicted octanol–water partition coefficient (Wildman–Crippen LogP) is -0.826. The predicted molar refractivity (Wildman–Crippen MR) is 43.0 cm³/mol. The number of nitrogens with zero attached hydrogens (tertiary/aromatic N) is 1. The first kappa shape index (κ1) is 10.4. The van der Waals surface area contributed by atoms with E-state index in [0.29, 0.717) is 13.0 Å². The molecule has 0 heterocycles. The molecule has 0 radical (unpaired) electrons. The SMILES string of the molecule is CC[C@H](N)C(=O)N(C)CCO. The lowest BCUT2D eigenvalue weighted by molar-refractivity contribution is -0.131. The van der Waals surface area contributed by atoms with E-state index in [1.165, 1.54) is 4.90 Å². The van der Waals surface area contributed by atoms with E-state index in [-0.39, 0.29) is 12.5 Å². The highest BCUT2D eigenvalue weighted by atomic mass is 16.3. The van der Waals surface area contributed by atoms with Crippen LogP contribution in [0.2, 0.25) is 0 Å². The van der Waals surface area contributed by atoms with Gasteiger partial charge in [-0.1, -0.05) is 6.92 Å². The molecule has 0 saturated heterocycles. The summed E-state index contributed by atoms with van der Waals surface area (Å²) < 4.78 is 0.